The number of rotatable bonds is 8. The Balaban J connectivity index is 1.16. The zero-order chi connectivity index (χ0) is 30.4. The number of alkyl halides is 3. The van der Waals surface area contributed by atoms with Crippen molar-refractivity contribution in [1.29, 1.82) is 5.26 Å². The van der Waals surface area contributed by atoms with Gasteiger partial charge < -0.3 is 15.0 Å². The second-order valence-corrected chi connectivity index (χ2v) is 12.8. The van der Waals surface area contributed by atoms with Gasteiger partial charge in [0.05, 0.1) is 19.7 Å². The fourth-order valence-corrected chi connectivity index (χ4v) is 7.51. The van der Waals surface area contributed by atoms with Crippen molar-refractivity contribution in [2.24, 2.45) is 17.3 Å². The maximum absolute atomic E-state index is 12.9. The Kier molecular flexibility index (Phi) is 7.90. The molecule has 3 aromatic rings. The number of halogens is 3. The highest BCUT2D eigenvalue weighted by atomic mass is 19.4. The molecule has 1 spiro atoms. The van der Waals surface area contributed by atoms with E-state index in [9.17, 15) is 23.2 Å². The molecule has 43 heavy (non-hydrogen) atoms. The van der Waals surface area contributed by atoms with Gasteiger partial charge in [-0.3, -0.25) is 14.6 Å². The number of hydrogen-bond acceptors (Lipinski definition) is 5. The minimum absolute atomic E-state index is 0.0301. The van der Waals surface area contributed by atoms with Crippen LogP contribution in [0.25, 0.3) is 10.9 Å². The van der Waals surface area contributed by atoms with Crippen molar-refractivity contribution >= 4 is 16.8 Å². The van der Waals surface area contributed by atoms with Gasteiger partial charge in [-0.05, 0) is 80.0 Å². The van der Waals surface area contributed by atoms with Crippen LogP contribution in [0, 0.1) is 35.5 Å². The number of H-pyrrole nitrogens is 1. The van der Waals surface area contributed by atoms with E-state index in [1.165, 1.54) is 4.90 Å². The summed E-state index contributed by atoms with van der Waals surface area (Å²) >= 11 is 0. The molecule has 3 heterocycles. The van der Waals surface area contributed by atoms with Crippen LogP contribution in [0.5, 0.6) is 5.75 Å². The number of fused-ring (bicyclic) bond motifs is 1. The third-order valence-electron chi connectivity index (χ3n) is 9.78. The largest absolute Gasteiger partial charge is 0.496 e. The molecule has 1 aliphatic carbocycles. The number of aromatic nitrogens is 1. The predicted octanol–water partition coefficient (Wildman–Crippen LogP) is 5.97. The Labute approximate surface area is 250 Å². The van der Waals surface area contributed by atoms with Gasteiger partial charge in [0, 0.05) is 72.3 Å². The number of amides is 1. The lowest BCUT2D eigenvalue weighted by Crippen LogP contribution is -2.54. The number of likely N-dealkylation sites (tertiary alicyclic amines) is 2. The molecule has 3 aliphatic rings. The van der Waals surface area contributed by atoms with Gasteiger partial charge in [-0.2, -0.15) is 18.4 Å². The molecule has 228 valence electrons. The van der Waals surface area contributed by atoms with Crippen LogP contribution in [0.4, 0.5) is 13.2 Å². The van der Waals surface area contributed by atoms with E-state index < -0.39 is 12.7 Å². The molecular formula is C33H38F3N5O2. The number of nitriles is 1. The van der Waals surface area contributed by atoms with Crippen LogP contribution >= 0.6 is 0 Å². The SMILES string of the molecule is COc1cc(C)c2[nH]ccc2c1CN1CCC2(CC(C#N)C2)CC1c1ccc(C(=O)NCC2CN(CC(F)(F)F)C2)cc1. The molecule has 1 amide bonds. The second kappa shape index (κ2) is 11.5. The zero-order valence-electron chi connectivity index (χ0n) is 24.6. The Bertz CT molecular complexity index is 1510. The van der Waals surface area contributed by atoms with Crippen LogP contribution in [0.2, 0.25) is 0 Å². The number of carbonyl (C=O) groups excluding carboxylic acids is 1. The molecule has 7 nitrogen and oxygen atoms in total. The average Bonchev–Trinajstić information content (AvgIpc) is 3.45. The second-order valence-electron chi connectivity index (χ2n) is 12.8. The highest BCUT2D eigenvalue weighted by Gasteiger charge is 2.49. The summed E-state index contributed by atoms with van der Waals surface area (Å²) in [6.07, 6.45) is 1.65. The number of methoxy groups -OCH3 is 1. The predicted molar refractivity (Wildman–Crippen MR) is 158 cm³/mol. The third kappa shape index (κ3) is 6.11. The van der Waals surface area contributed by atoms with Crippen LogP contribution in [0.1, 0.15) is 58.8 Å². The van der Waals surface area contributed by atoms with Crippen LogP contribution in [-0.2, 0) is 6.54 Å². The van der Waals surface area contributed by atoms with Crippen molar-refractivity contribution in [1.82, 2.24) is 20.1 Å². The van der Waals surface area contributed by atoms with Gasteiger partial charge in [0.25, 0.3) is 5.91 Å². The summed E-state index contributed by atoms with van der Waals surface area (Å²) in [5, 5.41) is 13.5. The lowest BCUT2D eigenvalue weighted by Gasteiger charge is -2.53. The minimum Gasteiger partial charge on any atom is -0.496 e. The van der Waals surface area contributed by atoms with Gasteiger partial charge in [0.15, 0.2) is 0 Å². The Hall–Kier alpha value is -3.55. The number of ether oxygens (including phenoxy) is 1. The van der Waals surface area contributed by atoms with Crippen molar-refractivity contribution in [2.75, 3.05) is 39.8 Å². The molecule has 2 saturated heterocycles. The summed E-state index contributed by atoms with van der Waals surface area (Å²) in [6, 6.07) is 14.5. The van der Waals surface area contributed by atoms with E-state index >= 15 is 0 Å². The monoisotopic (exact) mass is 593 g/mol. The van der Waals surface area contributed by atoms with E-state index in [-0.39, 0.29) is 29.2 Å². The summed E-state index contributed by atoms with van der Waals surface area (Å²) in [6.45, 7) is 3.84. The van der Waals surface area contributed by atoms with Crippen molar-refractivity contribution in [2.45, 2.75) is 51.4 Å². The van der Waals surface area contributed by atoms with E-state index in [0.717, 1.165) is 72.1 Å². The van der Waals surface area contributed by atoms with Crippen molar-refractivity contribution in [3.8, 4) is 11.8 Å². The molecule has 3 fully saturated rings. The number of aryl methyl sites for hydroxylation is 1. The van der Waals surface area contributed by atoms with Gasteiger partial charge in [0.2, 0.25) is 0 Å². The maximum atomic E-state index is 12.9. The number of benzene rings is 2. The minimum atomic E-state index is -4.19. The molecule has 0 radical (unpaired) electrons. The van der Waals surface area contributed by atoms with Gasteiger partial charge in [-0.15, -0.1) is 0 Å². The maximum Gasteiger partial charge on any atom is 0.401 e. The normalized spacial score (nSPS) is 24.8. The first-order valence-electron chi connectivity index (χ1n) is 15.0. The Morgan fingerprint density at radius 1 is 1.19 bits per heavy atom. The summed E-state index contributed by atoms with van der Waals surface area (Å²) < 4.78 is 43.5. The quantitative estimate of drug-likeness (QED) is 0.337. The molecule has 1 unspecified atom stereocenters. The van der Waals surface area contributed by atoms with Crippen molar-refractivity contribution < 1.29 is 22.7 Å². The van der Waals surface area contributed by atoms with Gasteiger partial charge in [-0.25, -0.2) is 0 Å². The van der Waals surface area contributed by atoms with E-state index in [2.05, 4.69) is 40.3 Å². The van der Waals surface area contributed by atoms with E-state index in [1.54, 1.807) is 7.11 Å². The van der Waals surface area contributed by atoms with E-state index in [0.29, 0.717) is 25.2 Å². The third-order valence-corrected chi connectivity index (χ3v) is 9.78. The molecule has 0 bridgehead atoms. The summed E-state index contributed by atoms with van der Waals surface area (Å²) in [4.78, 5) is 20.1. The van der Waals surface area contributed by atoms with Gasteiger partial charge in [-0.1, -0.05) is 12.1 Å². The van der Waals surface area contributed by atoms with Crippen LogP contribution in [0.3, 0.4) is 0 Å². The smallest absolute Gasteiger partial charge is 0.401 e. The Morgan fingerprint density at radius 2 is 1.93 bits per heavy atom. The topological polar surface area (TPSA) is 84.4 Å². The fraction of sp³-hybridized carbons (Fsp3) is 0.515. The van der Waals surface area contributed by atoms with Gasteiger partial charge in [0.1, 0.15) is 5.75 Å². The number of aromatic amines is 1. The zero-order valence-corrected chi connectivity index (χ0v) is 24.6. The molecular weight excluding hydrogens is 555 g/mol. The number of nitrogens with one attached hydrogen (secondary N) is 2. The summed E-state index contributed by atoms with van der Waals surface area (Å²) in [7, 11) is 1.71. The van der Waals surface area contributed by atoms with Crippen LogP contribution < -0.4 is 10.1 Å². The molecule has 1 atom stereocenters. The average molecular weight is 594 g/mol. The fourth-order valence-electron chi connectivity index (χ4n) is 7.51. The van der Waals surface area contributed by atoms with Crippen molar-refractivity contribution in [3.05, 3.63) is 64.8 Å². The summed E-state index contributed by atoms with van der Waals surface area (Å²) in [5.41, 5.74) is 5.23. The first-order valence-corrected chi connectivity index (χ1v) is 15.0. The lowest BCUT2D eigenvalue weighted by atomic mass is 9.56. The molecule has 1 saturated carbocycles. The number of carbonyl (C=O) groups is 1. The van der Waals surface area contributed by atoms with E-state index in [1.807, 2.05) is 30.5 Å². The number of hydrogen-bond donors (Lipinski definition) is 2. The standard InChI is InChI=1S/C33H38F3N5O2/c1-21-11-29(43-2)27(26-7-9-38-30(21)26)19-41-10-8-32(12-22(13-32)15-37)14-28(41)24-3-5-25(6-4-24)31(42)39-16-23-17-40(18-23)20-33(34,35)36/h3-7,9,11,22-23,28,38H,8,10,12-14,16-20H2,1-2H3,(H,39,42). The lowest BCUT2D eigenvalue weighted by molar-refractivity contribution is -0.158. The number of piperidine rings is 1. The van der Waals surface area contributed by atoms with E-state index in [4.69, 9.17) is 4.74 Å². The van der Waals surface area contributed by atoms with Crippen LogP contribution in [0.15, 0.2) is 42.6 Å². The summed E-state index contributed by atoms with van der Waals surface area (Å²) in [5.74, 6) is 0.818. The molecule has 10 heteroatoms. The van der Waals surface area contributed by atoms with Crippen molar-refractivity contribution in [3.63, 3.8) is 0 Å². The molecule has 1 aromatic heterocycles. The molecule has 2 N–H and O–H groups in total. The van der Waals surface area contributed by atoms with Crippen LogP contribution in [-0.4, -0.2) is 66.7 Å². The Morgan fingerprint density at radius 3 is 2.60 bits per heavy atom. The van der Waals surface area contributed by atoms with Gasteiger partial charge >= 0.3 is 6.18 Å². The molecule has 2 aromatic carbocycles. The molecule has 6 rings (SSSR count). The highest BCUT2D eigenvalue weighted by molar-refractivity contribution is 5.94. The first kappa shape index (κ1) is 29.5. The highest BCUT2D eigenvalue weighted by Crippen LogP contribution is 2.57. The first-order chi connectivity index (χ1) is 20.6. The number of nitrogens with zero attached hydrogens (tertiary/aromatic N) is 3. The molecule has 2 aliphatic heterocycles.